The highest BCUT2D eigenvalue weighted by molar-refractivity contribution is 5.68. The van der Waals surface area contributed by atoms with Gasteiger partial charge in [-0.3, -0.25) is 0 Å². The second kappa shape index (κ2) is 2.54. The van der Waals surface area contributed by atoms with Gasteiger partial charge in [-0.1, -0.05) is 42.5 Å². The molecule has 1 aromatic carbocycles. The van der Waals surface area contributed by atoms with Crippen LogP contribution in [0.4, 0.5) is 5.69 Å². The zero-order chi connectivity index (χ0) is 10.5. The summed E-state index contributed by atoms with van der Waals surface area (Å²) in [7, 11) is 0. The van der Waals surface area contributed by atoms with Crippen LogP contribution in [0.1, 0.15) is 19.4 Å². The van der Waals surface area contributed by atoms with Crippen LogP contribution in [0.5, 0.6) is 0 Å². The summed E-state index contributed by atoms with van der Waals surface area (Å²) in [5.74, 6) is 0. The summed E-state index contributed by atoms with van der Waals surface area (Å²) in [6, 6.07) is 8.58. The molecule has 76 valence electrons. The molecule has 1 aromatic rings. The molecule has 0 spiro atoms. The molecule has 2 aliphatic rings. The number of fused-ring (bicyclic) bond motifs is 3. The molecule has 1 nitrogen and oxygen atoms in total. The number of benzene rings is 1. The molecular weight excluding hydrogens is 182 g/mol. The minimum atomic E-state index is 0.0193. The van der Waals surface area contributed by atoms with E-state index in [1.807, 2.05) is 0 Å². The van der Waals surface area contributed by atoms with Crippen LogP contribution in [-0.2, 0) is 5.41 Å². The van der Waals surface area contributed by atoms with Crippen LogP contribution >= 0.6 is 0 Å². The zero-order valence-electron chi connectivity index (χ0n) is 9.12. The zero-order valence-corrected chi connectivity index (χ0v) is 9.12. The number of anilines is 1. The lowest BCUT2D eigenvalue weighted by molar-refractivity contribution is 0.441. The Kier molecular flexibility index (Phi) is 1.49. The van der Waals surface area contributed by atoms with Crippen molar-refractivity contribution in [3.8, 4) is 0 Å². The monoisotopic (exact) mass is 197 g/mol. The van der Waals surface area contributed by atoms with E-state index in [9.17, 15) is 0 Å². The van der Waals surface area contributed by atoms with Gasteiger partial charge >= 0.3 is 0 Å². The summed E-state index contributed by atoms with van der Waals surface area (Å²) in [5.41, 5.74) is 2.76. The molecule has 1 aliphatic heterocycles. The maximum atomic E-state index is 3.62. The molecule has 15 heavy (non-hydrogen) atoms. The van der Waals surface area contributed by atoms with Crippen molar-refractivity contribution in [3.05, 3.63) is 54.1 Å². The van der Waals surface area contributed by atoms with E-state index in [4.69, 9.17) is 0 Å². The maximum Gasteiger partial charge on any atom is 0.0660 e. The molecule has 0 bridgehead atoms. The van der Waals surface area contributed by atoms with Crippen molar-refractivity contribution < 1.29 is 0 Å². The molecule has 0 radical (unpaired) electrons. The highest BCUT2D eigenvalue weighted by Gasteiger charge is 2.49. The Morgan fingerprint density at radius 3 is 2.60 bits per heavy atom. The Bertz CT molecular complexity index is 472. The lowest BCUT2D eigenvalue weighted by Crippen LogP contribution is -2.46. The van der Waals surface area contributed by atoms with Gasteiger partial charge in [0.05, 0.1) is 5.54 Å². The number of para-hydroxylation sites is 1. The first kappa shape index (κ1) is 8.78. The Labute approximate surface area is 90.5 Å². The molecule has 2 unspecified atom stereocenters. The second-order valence-corrected chi connectivity index (χ2v) is 4.79. The predicted molar refractivity (Wildman–Crippen MR) is 64.1 cm³/mol. The highest BCUT2D eigenvalue weighted by Crippen LogP contribution is 2.50. The molecule has 0 amide bonds. The first-order valence-corrected chi connectivity index (χ1v) is 5.40. The van der Waals surface area contributed by atoms with Crippen molar-refractivity contribution in [1.82, 2.24) is 0 Å². The van der Waals surface area contributed by atoms with Gasteiger partial charge in [0.25, 0.3) is 0 Å². The van der Waals surface area contributed by atoms with Crippen molar-refractivity contribution in [3.63, 3.8) is 0 Å². The molecule has 0 saturated carbocycles. The first-order chi connectivity index (χ1) is 7.16. The third-order valence-corrected chi connectivity index (χ3v) is 3.93. The predicted octanol–water partition coefficient (Wildman–Crippen LogP) is 3.25. The standard InChI is InChI=1S/C14H15N/c1-13-9-5-6-10-14(13,2)15-12-8-4-3-7-11(12)13/h3-10,15H,1-2H3. The van der Waals surface area contributed by atoms with E-state index < -0.39 is 0 Å². The van der Waals surface area contributed by atoms with E-state index in [1.165, 1.54) is 11.3 Å². The molecule has 1 heteroatoms. The van der Waals surface area contributed by atoms with Crippen molar-refractivity contribution in [1.29, 1.82) is 0 Å². The van der Waals surface area contributed by atoms with Gasteiger partial charge in [0.15, 0.2) is 0 Å². The first-order valence-electron chi connectivity index (χ1n) is 5.40. The molecule has 1 aliphatic carbocycles. The summed E-state index contributed by atoms with van der Waals surface area (Å²) in [6.07, 6.45) is 8.82. The van der Waals surface area contributed by atoms with Crippen LogP contribution < -0.4 is 5.32 Å². The fourth-order valence-corrected chi connectivity index (χ4v) is 2.71. The van der Waals surface area contributed by atoms with E-state index in [0.29, 0.717) is 0 Å². The number of nitrogens with one attached hydrogen (secondary N) is 1. The van der Waals surface area contributed by atoms with E-state index in [2.05, 4.69) is 67.7 Å². The molecule has 2 atom stereocenters. The number of allylic oxidation sites excluding steroid dienone is 2. The molecular formula is C14H15N. The van der Waals surface area contributed by atoms with Crippen molar-refractivity contribution in [2.75, 3.05) is 5.32 Å². The average Bonchev–Trinajstić information content (AvgIpc) is 2.47. The Morgan fingerprint density at radius 2 is 1.73 bits per heavy atom. The van der Waals surface area contributed by atoms with Crippen molar-refractivity contribution in [2.24, 2.45) is 0 Å². The minimum Gasteiger partial charge on any atom is -0.375 e. The van der Waals surface area contributed by atoms with Crippen LogP contribution in [0.15, 0.2) is 48.6 Å². The Hall–Kier alpha value is -1.50. The Balaban J connectivity index is 2.27. The number of hydrogen-bond donors (Lipinski definition) is 1. The van der Waals surface area contributed by atoms with E-state index in [-0.39, 0.29) is 11.0 Å². The topological polar surface area (TPSA) is 12.0 Å². The SMILES string of the molecule is CC12C=CC=CC1(C)c1ccccc1N2. The fourth-order valence-electron chi connectivity index (χ4n) is 2.71. The van der Waals surface area contributed by atoms with Crippen molar-refractivity contribution >= 4 is 5.69 Å². The maximum absolute atomic E-state index is 3.62. The van der Waals surface area contributed by atoms with Gasteiger partial charge in [-0.25, -0.2) is 0 Å². The molecule has 0 fully saturated rings. The third-order valence-electron chi connectivity index (χ3n) is 3.93. The third kappa shape index (κ3) is 0.930. The normalized spacial score (nSPS) is 35.9. The van der Waals surface area contributed by atoms with Gasteiger partial charge < -0.3 is 5.32 Å². The fraction of sp³-hybridized carbons (Fsp3) is 0.286. The van der Waals surface area contributed by atoms with Crippen molar-refractivity contribution in [2.45, 2.75) is 24.8 Å². The van der Waals surface area contributed by atoms with Gasteiger partial charge in [0.1, 0.15) is 0 Å². The number of hydrogen-bond acceptors (Lipinski definition) is 1. The van der Waals surface area contributed by atoms with Gasteiger partial charge in [0, 0.05) is 11.1 Å². The van der Waals surface area contributed by atoms with Gasteiger partial charge in [-0.15, -0.1) is 0 Å². The summed E-state index contributed by atoms with van der Waals surface area (Å²) >= 11 is 0. The highest BCUT2D eigenvalue weighted by atomic mass is 15.0. The molecule has 3 rings (SSSR count). The number of rotatable bonds is 0. The minimum absolute atomic E-state index is 0.0193. The van der Waals surface area contributed by atoms with Crippen LogP contribution in [-0.4, -0.2) is 5.54 Å². The molecule has 0 saturated heterocycles. The van der Waals surface area contributed by atoms with Gasteiger partial charge in [-0.05, 0) is 25.5 Å². The molecule has 1 heterocycles. The van der Waals surface area contributed by atoms with Gasteiger partial charge in [0.2, 0.25) is 0 Å². The van der Waals surface area contributed by atoms with Crippen LogP contribution in [0.3, 0.4) is 0 Å². The second-order valence-electron chi connectivity index (χ2n) is 4.79. The lowest BCUT2D eigenvalue weighted by Gasteiger charge is -2.38. The van der Waals surface area contributed by atoms with E-state index >= 15 is 0 Å². The van der Waals surface area contributed by atoms with Crippen LogP contribution in [0.2, 0.25) is 0 Å². The average molecular weight is 197 g/mol. The summed E-state index contributed by atoms with van der Waals surface area (Å²) in [5, 5.41) is 3.62. The lowest BCUT2D eigenvalue weighted by atomic mass is 9.68. The summed E-state index contributed by atoms with van der Waals surface area (Å²) in [6.45, 7) is 4.55. The molecule has 1 N–H and O–H groups in total. The Morgan fingerprint density at radius 1 is 1.00 bits per heavy atom. The van der Waals surface area contributed by atoms with Gasteiger partial charge in [-0.2, -0.15) is 0 Å². The quantitative estimate of drug-likeness (QED) is 0.673. The van der Waals surface area contributed by atoms with E-state index in [1.54, 1.807) is 0 Å². The van der Waals surface area contributed by atoms with Crippen LogP contribution in [0.25, 0.3) is 0 Å². The summed E-state index contributed by atoms with van der Waals surface area (Å²) in [4.78, 5) is 0. The smallest absolute Gasteiger partial charge is 0.0660 e. The van der Waals surface area contributed by atoms with Crippen LogP contribution in [0, 0.1) is 0 Å². The summed E-state index contributed by atoms with van der Waals surface area (Å²) < 4.78 is 0. The largest absolute Gasteiger partial charge is 0.375 e. The molecule has 0 aromatic heterocycles. The van der Waals surface area contributed by atoms with E-state index in [0.717, 1.165) is 0 Å².